The van der Waals surface area contributed by atoms with Gasteiger partial charge in [0.2, 0.25) is 0 Å². The summed E-state index contributed by atoms with van der Waals surface area (Å²) < 4.78 is 5.15. The van der Waals surface area contributed by atoms with E-state index in [-0.39, 0.29) is 0 Å². The maximum absolute atomic E-state index is 5.20. The molecule has 0 aliphatic rings. The van der Waals surface area contributed by atoms with E-state index < -0.39 is 0 Å². The van der Waals surface area contributed by atoms with Gasteiger partial charge in [-0.25, -0.2) is 9.97 Å². The van der Waals surface area contributed by atoms with Gasteiger partial charge in [0.25, 0.3) is 0 Å². The molecule has 124 valence electrons. The number of hydrogen-bond acceptors (Lipinski definition) is 5. The molecular weight excluding hydrogens is 324 g/mol. The molecule has 0 radical (unpaired) electrons. The number of fused-ring (bicyclic) bond motifs is 1. The minimum absolute atomic E-state index is 0.543. The lowest BCUT2D eigenvalue weighted by molar-refractivity contribution is 0.405. The van der Waals surface area contributed by atoms with E-state index in [1.165, 1.54) is 32.1 Å². The molecule has 0 saturated heterocycles. The molecule has 3 nitrogen and oxygen atoms in total. The zero-order chi connectivity index (χ0) is 16.5. The van der Waals surface area contributed by atoms with E-state index >= 15 is 0 Å². The molecular formula is C18H24N2OS2. The van der Waals surface area contributed by atoms with E-state index in [4.69, 9.17) is 26.9 Å². The Morgan fingerprint density at radius 2 is 1.78 bits per heavy atom. The van der Waals surface area contributed by atoms with Gasteiger partial charge >= 0.3 is 0 Å². The quantitative estimate of drug-likeness (QED) is 0.353. The van der Waals surface area contributed by atoms with Crippen molar-refractivity contribution in [2.45, 2.75) is 50.5 Å². The first-order valence-electron chi connectivity index (χ1n) is 8.20. The molecule has 2 rings (SSSR count). The van der Waals surface area contributed by atoms with Crippen molar-refractivity contribution < 1.29 is 4.74 Å². The standard InChI is InChI=1S/C18H24N2OS2/c1-3-4-5-6-9-12-23-18-16(13-17(22)21-2)19-14-10-7-8-11-15(14)20-18/h7-8,10-11H,3-6,9,12-13H2,1-2H3. The average molecular weight is 349 g/mol. The molecule has 1 heterocycles. The second-order valence-corrected chi connectivity index (χ2v) is 7.02. The molecule has 0 aliphatic heterocycles. The van der Waals surface area contributed by atoms with E-state index in [2.05, 4.69) is 6.92 Å². The fourth-order valence-electron chi connectivity index (χ4n) is 2.33. The first kappa shape index (κ1) is 18.1. The third kappa shape index (κ3) is 5.74. The van der Waals surface area contributed by atoms with Gasteiger partial charge < -0.3 is 4.74 Å². The van der Waals surface area contributed by atoms with E-state index in [1.54, 1.807) is 18.9 Å². The van der Waals surface area contributed by atoms with Crippen molar-refractivity contribution in [2.24, 2.45) is 0 Å². The van der Waals surface area contributed by atoms with Crippen LogP contribution in [0.4, 0.5) is 0 Å². The number of unbranched alkanes of at least 4 members (excludes halogenated alkanes) is 4. The lowest BCUT2D eigenvalue weighted by Crippen LogP contribution is -2.07. The number of ether oxygens (including phenoxy) is 1. The number of hydrogen-bond donors (Lipinski definition) is 0. The molecule has 5 heteroatoms. The van der Waals surface area contributed by atoms with Crippen molar-refractivity contribution in [1.29, 1.82) is 0 Å². The van der Waals surface area contributed by atoms with Gasteiger partial charge in [-0.1, -0.05) is 44.7 Å². The van der Waals surface area contributed by atoms with E-state index in [9.17, 15) is 0 Å². The van der Waals surface area contributed by atoms with Crippen molar-refractivity contribution in [2.75, 3.05) is 12.9 Å². The second kappa shape index (κ2) is 9.83. The van der Waals surface area contributed by atoms with Crippen LogP contribution in [0.2, 0.25) is 0 Å². The highest BCUT2D eigenvalue weighted by atomic mass is 32.2. The number of nitrogens with zero attached hydrogens (tertiary/aromatic N) is 2. The molecule has 1 aromatic carbocycles. The summed E-state index contributed by atoms with van der Waals surface area (Å²) in [5.74, 6) is 1.07. The molecule has 0 bridgehead atoms. The van der Waals surface area contributed by atoms with Crippen LogP contribution in [0.15, 0.2) is 29.3 Å². The monoisotopic (exact) mass is 348 g/mol. The average Bonchev–Trinajstić information content (AvgIpc) is 2.58. The minimum atomic E-state index is 0.543. The summed E-state index contributed by atoms with van der Waals surface area (Å²) in [6.07, 6.45) is 6.97. The Balaban J connectivity index is 2.08. The Bertz CT molecular complexity index is 646. The second-order valence-electron chi connectivity index (χ2n) is 5.48. The summed E-state index contributed by atoms with van der Waals surface area (Å²) in [7, 11) is 1.61. The van der Waals surface area contributed by atoms with E-state index in [0.29, 0.717) is 11.5 Å². The van der Waals surface area contributed by atoms with Gasteiger partial charge in [-0.15, -0.1) is 11.8 Å². The van der Waals surface area contributed by atoms with Crippen molar-refractivity contribution in [3.05, 3.63) is 30.0 Å². The molecule has 0 unspecified atom stereocenters. The number of rotatable bonds is 9. The number of thioether (sulfide) groups is 1. The number of aromatic nitrogens is 2. The highest BCUT2D eigenvalue weighted by Gasteiger charge is 2.11. The minimum Gasteiger partial charge on any atom is -0.490 e. The fourth-order valence-corrected chi connectivity index (χ4v) is 3.46. The van der Waals surface area contributed by atoms with Crippen LogP contribution in [0, 0.1) is 0 Å². The van der Waals surface area contributed by atoms with Crippen LogP contribution in [-0.2, 0) is 11.2 Å². The molecule has 0 N–H and O–H groups in total. The predicted molar refractivity (Wildman–Crippen MR) is 102 cm³/mol. The van der Waals surface area contributed by atoms with Gasteiger partial charge in [0.15, 0.2) is 5.05 Å². The molecule has 23 heavy (non-hydrogen) atoms. The summed E-state index contributed by atoms with van der Waals surface area (Å²) in [5.41, 5.74) is 2.77. The molecule has 2 aromatic rings. The van der Waals surface area contributed by atoms with Gasteiger partial charge in [0, 0.05) is 0 Å². The zero-order valence-electron chi connectivity index (χ0n) is 13.9. The zero-order valence-corrected chi connectivity index (χ0v) is 15.5. The van der Waals surface area contributed by atoms with Gasteiger partial charge in [-0.2, -0.15) is 0 Å². The molecule has 0 saturated carbocycles. The predicted octanol–water partition coefficient (Wildman–Crippen LogP) is 5.21. The summed E-state index contributed by atoms with van der Waals surface area (Å²) in [5, 5.41) is 1.54. The van der Waals surface area contributed by atoms with Crippen LogP contribution in [0.3, 0.4) is 0 Å². The Hall–Kier alpha value is -1.20. The first-order chi connectivity index (χ1) is 11.2. The Kier molecular flexibility index (Phi) is 7.76. The molecule has 0 fully saturated rings. The van der Waals surface area contributed by atoms with Crippen LogP contribution in [0.5, 0.6) is 0 Å². The molecule has 0 spiro atoms. The summed E-state index contributed by atoms with van der Waals surface area (Å²) in [4.78, 5) is 9.52. The van der Waals surface area contributed by atoms with Crippen LogP contribution in [0.25, 0.3) is 11.0 Å². The highest BCUT2D eigenvalue weighted by molar-refractivity contribution is 7.99. The van der Waals surface area contributed by atoms with Gasteiger partial charge in [0.1, 0.15) is 5.03 Å². The van der Waals surface area contributed by atoms with Crippen LogP contribution in [-0.4, -0.2) is 27.9 Å². The van der Waals surface area contributed by atoms with E-state index in [1.807, 2.05) is 24.3 Å². The van der Waals surface area contributed by atoms with Gasteiger partial charge in [-0.3, -0.25) is 0 Å². The Morgan fingerprint density at radius 3 is 2.48 bits per heavy atom. The number of methoxy groups -OCH3 is 1. The first-order valence-corrected chi connectivity index (χ1v) is 9.59. The summed E-state index contributed by atoms with van der Waals surface area (Å²) >= 11 is 6.99. The maximum Gasteiger partial charge on any atom is 0.165 e. The lowest BCUT2D eigenvalue weighted by atomic mass is 10.2. The molecule has 0 amide bonds. The third-order valence-corrected chi connectivity index (χ3v) is 5.04. The van der Waals surface area contributed by atoms with Crippen LogP contribution < -0.4 is 0 Å². The van der Waals surface area contributed by atoms with E-state index in [0.717, 1.165) is 27.5 Å². The van der Waals surface area contributed by atoms with Crippen molar-refractivity contribution >= 4 is 40.1 Å². The number of thiocarbonyl (C=S) groups is 1. The van der Waals surface area contributed by atoms with Crippen molar-refractivity contribution in [1.82, 2.24) is 9.97 Å². The Morgan fingerprint density at radius 1 is 1.09 bits per heavy atom. The third-order valence-electron chi connectivity index (χ3n) is 3.63. The van der Waals surface area contributed by atoms with Gasteiger partial charge in [-0.05, 0) is 36.5 Å². The number of para-hydroxylation sites is 2. The summed E-state index contributed by atoms with van der Waals surface area (Å²) in [6, 6.07) is 7.97. The lowest BCUT2D eigenvalue weighted by Gasteiger charge is -2.10. The SMILES string of the molecule is CCCCCCCSc1nc2ccccc2nc1CC(=S)OC. The van der Waals surface area contributed by atoms with Crippen LogP contribution >= 0.6 is 24.0 Å². The summed E-state index contributed by atoms with van der Waals surface area (Å²) in [6.45, 7) is 2.24. The largest absolute Gasteiger partial charge is 0.490 e. The maximum atomic E-state index is 5.20. The van der Waals surface area contributed by atoms with Crippen molar-refractivity contribution in [3.63, 3.8) is 0 Å². The highest BCUT2D eigenvalue weighted by Crippen LogP contribution is 2.24. The number of benzene rings is 1. The molecule has 0 aliphatic carbocycles. The Labute approximate surface area is 148 Å². The normalized spacial score (nSPS) is 10.9. The fraction of sp³-hybridized carbons (Fsp3) is 0.500. The van der Waals surface area contributed by atoms with Crippen molar-refractivity contribution in [3.8, 4) is 0 Å². The topological polar surface area (TPSA) is 35.0 Å². The van der Waals surface area contributed by atoms with Crippen LogP contribution in [0.1, 0.15) is 44.7 Å². The van der Waals surface area contributed by atoms with Gasteiger partial charge in [0.05, 0.1) is 30.3 Å². The smallest absolute Gasteiger partial charge is 0.165 e. The molecule has 0 atom stereocenters. The molecule has 1 aromatic heterocycles.